The Balaban J connectivity index is 2.13. The standard InChI is InChI=1S/C16H15N3OS/c1-11-18-15(12-6-8-17-9-7-12)16(19-11)13-4-3-5-14(10-13)21(2)20/h3-10H,1-2H3,(H,18,19). The van der Waals surface area contributed by atoms with E-state index < -0.39 is 11.2 Å². The minimum atomic E-state index is -1.01. The molecule has 3 rings (SSSR count). The lowest BCUT2D eigenvalue weighted by Crippen LogP contribution is -1.97. The molecule has 1 unspecified atom stereocenters. The van der Waals surface area contributed by atoms with Gasteiger partial charge < -0.3 is 9.54 Å². The van der Waals surface area contributed by atoms with Gasteiger partial charge in [0.05, 0.1) is 11.4 Å². The summed E-state index contributed by atoms with van der Waals surface area (Å²) >= 11 is -1.01. The molecule has 0 saturated carbocycles. The maximum atomic E-state index is 11.7. The van der Waals surface area contributed by atoms with Gasteiger partial charge in [-0.2, -0.15) is 0 Å². The molecule has 5 heteroatoms. The van der Waals surface area contributed by atoms with Gasteiger partial charge in [0.15, 0.2) is 4.90 Å². The van der Waals surface area contributed by atoms with E-state index in [2.05, 4.69) is 15.0 Å². The van der Waals surface area contributed by atoms with E-state index in [1.807, 2.05) is 43.3 Å². The fourth-order valence-corrected chi connectivity index (χ4v) is 2.81. The van der Waals surface area contributed by atoms with Gasteiger partial charge in [-0.15, -0.1) is 0 Å². The molecule has 1 aromatic carbocycles. The molecule has 0 radical (unpaired) electrons. The van der Waals surface area contributed by atoms with E-state index in [-0.39, 0.29) is 0 Å². The third-order valence-corrected chi connectivity index (χ3v) is 4.15. The lowest BCUT2D eigenvalue weighted by atomic mass is 10.1. The number of aromatic amines is 1. The fourth-order valence-electron chi connectivity index (χ4n) is 2.25. The largest absolute Gasteiger partial charge is 0.612 e. The van der Waals surface area contributed by atoms with Crippen LogP contribution in [0.5, 0.6) is 0 Å². The molecule has 0 saturated heterocycles. The van der Waals surface area contributed by atoms with Gasteiger partial charge >= 0.3 is 0 Å². The molecule has 2 aromatic heterocycles. The lowest BCUT2D eigenvalue weighted by Gasteiger charge is -2.07. The highest BCUT2D eigenvalue weighted by Crippen LogP contribution is 2.30. The van der Waals surface area contributed by atoms with Crippen LogP contribution in [0, 0.1) is 6.92 Å². The Bertz CT molecular complexity index is 753. The van der Waals surface area contributed by atoms with E-state index in [0.717, 1.165) is 33.2 Å². The molecule has 3 aromatic rings. The Hall–Kier alpha value is -2.11. The number of rotatable bonds is 3. The highest BCUT2D eigenvalue weighted by molar-refractivity contribution is 7.90. The Kier molecular flexibility index (Phi) is 3.77. The van der Waals surface area contributed by atoms with Crippen molar-refractivity contribution in [2.45, 2.75) is 11.8 Å². The maximum Gasteiger partial charge on any atom is 0.153 e. The monoisotopic (exact) mass is 297 g/mol. The molecule has 0 aliphatic carbocycles. The number of hydrogen-bond acceptors (Lipinski definition) is 3. The first-order chi connectivity index (χ1) is 10.1. The number of benzene rings is 1. The van der Waals surface area contributed by atoms with Gasteiger partial charge in [0.1, 0.15) is 12.1 Å². The van der Waals surface area contributed by atoms with Crippen LogP contribution in [0.25, 0.3) is 22.5 Å². The van der Waals surface area contributed by atoms with Crippen molar-refractivity contribution in [1.82, 2.24) is 15.0 Å². The Morgan fingerprint density at radius 3 is 2.57 bits per heavy atom. The minimum absolute atomic E-state index is 0.800. The van der Waals surface area contributed by atoms with Gasteiger partial charge in [-0.1, -0.05) is 12.1 Å². The number of H-pyrrole nitrogens is 1. The molecule has 106 valence electrons. The van der Waals surface area contributed by atoms with E-state index in [4.69, 9.17) is 0 Å². The summed E-state index contributed by atoms with van der Waals surface area (Å²) in [6.07, 6.45) is 5.19. The highest BCUT2D eigenvalue weighted by Gasteiger charge is 2.14. The van der Waals surface area contributed by atoms with Crippen LogP contribution in [0.4, 0.5) is 0 Å². The van der Waals surface area contributed by atoms with Crippen molar-refractivity contribution >= 4 is 11.2 Å². The van der Waals surface area contributed by atoms with Crippen LogP contribution in [-0.2, 0) is 11.2 Å². The normalized spacial score (nSPS) is 12.3. The predicted molar refractivity (Wildman–Crippen MR) is 84.3 cm³/mol. The summed E-state index contributed by atoms with van der Waals surface area (Å²) in [5.74, 6) is 0.847. The van der Waals surface area contributed by atoms with Crippen LogP contribution in [0.3, 0.4) is 0 Å². The summed E-state index contributed by atoms with van der Waals surface area (Å²) in [5, 5.41) is 0. The quantitative estimate of drug-likeness (QED) is 0.755. The molecule has 0 spiro atoms. The number of aryl methyl sites for hydroxylation is 1. The van der Waals surface area contributed by atoms with Crippen molar-refractivity contribution in [3.63, 3.8) is 0 Å². The van der Waals surface area contributed by atoms with Gasteiger partial charge in [0.25, 0.3) is 0 Å². The van der Waals surface area contributed by atoms with Crippen molar-refractivity contribution in [3.05, 3.63) is 54.6 Å². The van der Waals surface area contributed by atoms with Crippen molar-refractivity contribution < 1.29 is 4.55 Å². The molecule has 0 aliphatic heterocycles. The van der Waals surface area contributed by atoms with E-state index in [9.17, 15) is 4.55 Å². The number of hydrogen-bond donors (Lipinski definition) is 1. The summed E-state index contributed by atoms with van der Waals surface area (Å²) in [5.41, 5.74) is 3.81. The molecule has 0 amide bonds. The molecule has 21 heavy (non-hydrogen) atoms. The zero-order valence-electron chi connectivity index (χ0n) is 11.8. The summed E-state index contributed by atoms with van der Waals surface area (Å²) in [6.45, 7) is 1.93. The number of nitrogens with zero attached hydrogens (tertiary/aromatic N) is 2. The van der Waals surface area contributed by atoms with E-state index in [1.54, 1.807) is 18.6 Å². The summed E-state index contributed by atoms with van der Waals surface area (Å²) < 4.78 is 11.7. The second kappa shape index (κ2) is 5.71. The number of nitrogens with one attached hydrogen (secondary N) is 1. The Labute approximate surface area is 126 Å². The van der Waals surface area contributed by atoms with Gasteiger partial charge in [-0.3, -0.25) is 4.98 Å². The molecule has 2 heterocycles. The van der Waals surface area contributed by atoms with Crippen LogP contribution in [-0.4, -0.2) is 25.8 Å². The van der Waals surface area contributed by atoms with Crippen molar-refractivity contribution in [2.75, 3.05) is 6.26 Å². The SMILES string of the molecule is Cc1nc(-c2cccc([S+](C)[O-])c2)c(-c2ccncc2)[nH]1. The molecule has 0 aliphatic rings. The molecule has 4 nitrogen and oxygen atoms in total. The predicted octanol–water partition coefficient (Wildman–Crippen LogP) is 3.18. The van der Waals surface area contributed by atoms with Crippen molar-refractivity contribution in [2.24, 2.45) is 0 Å². The molecule has 1 N–H and O–H groups in total. The smallest absolute Gasteiger partial charge is 0.153 e. The first-order valence-electron chi connectivity index (χ1n) is 6.56. The molecule has 0 bridgehead atoms. The third-order valence-electron chi connectivity index (χ3n) is 3.23. The molecular formula is C16H15N3OS. The Morgan fingerprint density at radius 2 is 1.86 bits per heavy atom. The summed E-state index contributed by atoms with van der Waals surface area (Å²) in [7, 11) is 0. The van der Waals surface area contributed by atoms with Gasteiger partial charge in [0.2, 0.25) is 0 Å². The van der Waals surface area contributed by atoms with Gasteiger partial charge in [-0.25, -0.2) is 4.98 Å². The topological polar surface area (TPSA) is 64.6 Å². The van der Waals surface area contributed by atoms with E-state index in [0.29, 0.717) is 0 Å². The second-order valence-corrected chi connectivity index (χ2v) is 6.14. The summed E-state index contributed by atoms with van der Waals surface area (Å²) in [6, 6.07) is 11.6. The van der Waals surface area contributed by atoms with Crippen LogP contribution < -0.4 is 0 Å². The first kappa shape index (κ1) is 13.9. The van der Waals surface area contributed by atoms with Crippen LogP contribution in [0.2, 0.25) is 0 Å². The zero-order chi connectivity index (χ0) is 14.8. The van der Waals surface area contributed by atoms with E-state index >= 15 is 0 Å². The lowest BCUT2D eigenvalue weighted by molar-refractivity contribution is 0.601. The molecule has 1 atom stereocenters. The van der Waals surface area contributed by atoms with Crippen molar-refractivity contribution in [3.8, 4) is 22.5 Å². The van der Waals surface area contributed by atoms with Crippen LogP contribution in [0.1, 0.15) is 5.82 Å². The zero-order valence-corrected chi connectivity index (χ0v) is 12.6. The average Bonchev–Trinajstić information content (AvgIpc) is 2.90. The maximum absolute atomic E-state index is 11.7. The average molecular weight is 297 g/mol. The molecular weight excluding hydrogens is 282 g/mol. The van der Waals surface area contributed by atoms with Crippen LogP contribution in [0.15, 0.2) is 53.7 Å². The van der Waals surface area contributed by atoms with E-state index in [1.165, 1.54) is 0 Å². The number of pyridine rings is 1. The van der Waals surface area contributed by atoms with Gasteiger partial charge in [0, 0.05) is 29.6 Å². The van der Waals surface area contributed by atoms with Gasteiger partial charge in [-0.05, 0) is 36.3 Å². The fraction of sp³-hybridized carbons (Fsp3) is 0.125. The first-order valence-corrected chi connectivity index (χ1v) is 8.12. The number of imidazole rings is 1. The highest BCUT2D eigenvalue weighted by atomic mass is 32.2. The Morgan fingerprint density at radius 1 is 1.10 bits per heavy atom. The molecule has 0 fully saturated rings. The van der Waals surface area contributed by atoms with Crippen molar-refractivity contribution in [1.29, 1.82) is 0 Å². The third kappa shape index (κ3) is 2.84. The second-order valence-electron chi connectivity index (χ2n) is 4.76. The minimum Gasteiger partial charge on any atom is -0.612 e. The van der Waals surface area contributed by atoms with Crippen LogP contribution >= 0.6 is 0 Å². The number of aromatic nitrogens is 3. The summed E-state index contributed by atoms with van der Waals surface area (Å²) in [4.78, 5) is 12.7.